The molecule has 0 aliphatic heterocycles. The van der Waals surface area contributed by atoms with Crippen molar-refractivity contribution in [2.24, 2.45) is 0 Å². The molecule has 0 atom stereocenters. The Morgan fingerprint density at radius 1 is 1.18 bits per heavy atom. The maximum Gasteiger partial charge on any atom is 0.228 e. The van der Waals surface area contributed by atoms with Crippen LogP contribution in [0.3, 0.4) is 0 Å². The van der Waals surface area contributed by atoms with E-state index in [-0.39, 0.29) is 47.3 Å². The van der Waals surface area contributed by atoms with Gasteiger partial charge >= 0.3 is 0 Å². The van der Waals surface area contributed by atoms with Crippen LogP contribution in [0.4, 0.5) is 18.9 Å². The number of amides is 1. The summed E-state index contributed by atoms with van der Waals surface area (Å²) in [6, 6.07) is 11.1. The number of alkyl halides is 1. The van der Waals surface area contributed by atoms with Crippen molar-refractivity contribution in [1.29, 1.82) is 0 Å². The van der Waals surface area contributed by atoms with Crippen molar-refractivity contribution in [1.82, 2.24) is 9.55 Å². The number of rotatable bonds is 10. The molecule has 40 heavy (non-hydrogen) atoms. The quantitative estimate of drug-likeness (QED) is 0.311. The molecule has 11 heteroatoms. The van der Waals surface area contributed by atoms with Crippen molar-refractivity contribution in [3.8, 4) is 0 Å². The fraction of sp³-hybridized carbons (Fsp3) is 0.310. The largest absolute Gasteiger partial charge is 0.481 e. The highest BCUT2D eigenvalue weighted by atomic mass is 32.2. The molecule has 1 aliphatic rings. The molecule has 1 heterocycles. The maximum atomic E-state index is 14.4. The molecule has 0 fully saturated rings. The van der Waals surface area contributed by atoms with Crippen LogP contribution in [-0.4, -0.2) is 36.3 Å². The monoisotopic (exact) mass is 573 g/mol. The Kier molecular flexibility index (Phi) is 8.25. The number of aromatic nitrogens is 2. The van der Waals surface area contributed by atoms with Crippen molar-refractivity contribution in [2.75, 3.05) is 17.7 Å². The first kappa shape index (κ1) is 29.1. The second-order valence-electron chi connectivity index (χ2n) is 9.91. The summed E-state index contributed by atoms with van der Waals surface area (Å²) in [7, 11) is -3.33. The molecular weight excluding hydrogens is 543 g/mol. The molecule has 0 spiro atoms. The lowest BCUT2D eigenvalue weighted by Crippen LogP contribution is -2.27. The number of allylic oxidation sites excluding steroid dienone is 4. The van der Waals surface area contributed by atoms with Crippen molar-refractivity contribution >= 4 is 32.5 Å². The number of nitrogens with zero attached hydrogens (tertiary/aromatic N) is 2. The van der Waals surface area contributed by atoms with E-state index < -0.39 is 33.8 Å². The number of halogens is 3. The predicted octanol–water partition coefficient (Wildman–Crippen LogP) is 6.23. The number of ether oxygens (including phenoxy) is 1. The van der Waals surface area contributed by atoms with Gasteiger partial charge in [-0.05, 0) is 55.3 Å². The van der Waals surface area contributed by atoms with Crippen LogP contribution in [0, 0.1) is 0 Å². The van der Waals surface area contributed by atoms with E-state index in [1.165, 1.54) is 12.1 Å². The van der Waals surface area contributed by atoms with E-state index in [9.17, 15) is 26.4 Å². The lowest BCUT2D eigenvalue weighted by molar-refractivity contribution is -0.115. The molecule has 0 saturated heterocycles. The molecule has 3 aromatic rings. The number of nitrogens with one attached hydrogen (secondary N) is 1. The number of sulfone groups is 1. The van der Waals surface area contributed by atoms with Gasteiger partial charge in [0.1, 0.15) is 18.3 Å². The summed E-state index contributed by atoms with van der Waals surface area (Å²) in [6.45, 7) is 7.74. The number of benzene rings is 2. The molecule has 4 rings (SSSR count). The van der Waals surface area contributed by atoms with E-state index >= 15 is 0 Å². The Hall–Kier alpha value is -3.86. The highest BCUT2D eigenvalue weighted by Crippen LogP contribution is 2.37. The summed E-state index contributed by atoms with van der Waals surface area (Å²) < 4.78 is 73.2. The zero-order valence-electron chi connectivity index (χ0n) is 22.4. The molecule has 0 bridgehead atoms. The minimum atomic E-state index is -3.33. The second-order valence-corrected chi connectivity index (χ2v) is 12.2. The summed E-state index contributed by atoms with van der Waals surface area (Å²) in [4.78, 5) is 17.5. The van der Waals surface area contributed by atoms with Gasteiger partial charge < -0.3 is 14.6 Å². The van der Waals surface area contributed by atoms with Gasteiger partial charge in [-0.25, -0.2) is 26.6 Å². The van der Waals surface area contributed by atoms with E-state index in [4.69, 9.17) is 4.74 Å². The lowest BCUT2D eigenvalue weighted by atomic mass is 10.0. The van der Waals surface area contributed by atoms with Gasteiger partial charge in [-0.3, -0.25) is 4.79 Å². The van der Waals surface area contributed by atoms with Gasteiger partial charge in [-0.2, -0.15) is 0 Å². The number of carbonyl (C=O) groups is 1. The van der Waals surface area contributed by atoms with Crippen molar-refractivity contribution < 1.29 is 31.1 Å². The highest BCUT2D eigenvalue weighted by Gasteiger charge is 2.33. The van der Waals surface area contributed by atoms with Crippen LogP contribution in [-0.2, 0) is 37.9 Å². The summed E-state index contributed by atoms with van der Waals surface area (Å²) in [5.74, 6) is -1.70. The van der Waals surface area contributed by atoms with Gasteiger partial charge in [0.15, 0.2) is 27.1 Å². The zero-order valence-corrected chi connectivity index (χ0v) is 23.2. The Bertz CT molecular complexity index is 1640. The number of fused-ring (bicyclic) bond motifs is 1. The van der Waals surface area contributed by atoms with Crippen LogP contribution in [0.2, 0.25) is 0 Å². The molecule has 7 nitrogen and oxygen atoms in total. The normalized spacial score (nSPS) is 14.4. The first-order chi connectivity index (χ1) is 18.8. The topological polar surface area (TPSA) is 90.3 Å². The molecule has 1 aliphatic carbocycles. The maximum absolute atomic E-state index is 14.4. The van der Waals surface area contributed by atoms with Gasteiger partial charge in [-0.15, -0.1) is 0 Å². The van der Waals surface area contributed by atoms with Crippen LogP contribution >= 0.6 is 0 Å². The molecule has 1 amide bonds. The second kappa shape index (κ2) is 11.3. The molecule has 1 N–H and O–H groups in total. The summed E-state index contributed by atoms with van der Waals surface area (Å²) in [6.07, 6.45) is 0.598. The lowest BCUT2D eigenvalue weighted by Gasteiger charge is -2.29. The summed E-state index contributed by atoms with van der Waals surface area (Å²) in [5, 5.41) is 2.80. The standard InChI is InChI=1S/C29H30F3N3O4S/c1-5-40(37,38)21-9-6-19(7-10-21)15-27(36)33-20-8-11-25-24(16-20)34-28(35(25)13-12-30)29(3,4)39-26-14-18(2)22(31)17-23(26)32/h6-11,16-17H,2,5,12-15H2,1,3-4H3,(H,33,36). The molecule has 212 valence electrons. The summed E-state index contributed by atoms with van der Waals surface area (Å²) in [5.41, 5.74) is 1.01. The van der Waals surface area contributed by atoms with Crippen molar-refractivity contribution in [3.63, 3.8) is 0 Å². The van der Waals surface area contributed by atoms with Crippen molar-refractivity contribution in [3.05, 3.63) is 89.5 Å². The van der Waals surface area contributed by atoms with E-state index in [0.717, 1.165) is 6.08 Å². The van der Waals surface area contributed by atoms with Gasteiger partial charge in [-0.1, -0.05) is 25.6 Å². The Balaban J connectivity index is 1.56. The number of aryl methyl sites for hydroxylation is 1. The third kappa shape index (κ3) is 6.14. The molecular formula is C29H30F3N3O4S. The first-order valence-corrected chi connectivity index (χ1v) is 14.3. The predicted molar refractivity (Wildman–Crippen MR) is 147 cm³/mol. The van der Waals surface area contributed by atoms with Crippen molar-refractivity contribution in [2.45, 2.75) is 50.7 Å². The van der Waals surface area contributed by atoms with Gasteiger partial charge in [0, 0.05) is 18.2 Å². The van der Waals surface area contributed by atoms with Crippen LogP contribution in [0.5, 0.6) is 0 Å². The number of imidazole rings is 1. The fourth-order valence-corrected chi connectivity index (χ4v) is 5.33. The number of hydrogen-bond donors (Lipinski definition) is 1. The molecule has 1 aromatic heterocycles. The molecule has 0 radical (unpaired) electrons. The van der Waals surface area contributed by atoms with E-state index in [1.54, 1.807) is 55.7 Å². The number of anilines is 1. The molecule has 0 unspecified atom stereocenters. The van der Waals surface area contributed by atoms with Gasteiger partial charge in [0.25, 0.3) is 0 Å². The average Bonchev–Trinajstić information content (AvgIpc) is 3.26. The van der Waals surface area contributed by atoms with Gasteiger partial charge in [0.2, 0.25) is 5.91 Å². The first-order valence-electron chi connectivity index (χ1n) is 12.7. The van der Waals surface area contributed by atoms with E-state index in [0.29, 0.717) is 28.1 Å². The zero-order chi connectivity index (χ0) is 29.2. The Morgan fingerprint density at radius 3 is 2.52 bits per heavy atom. The van der Waals surface area contributed by atoms with Crippen LogP contribution in [0.25, 0.3) is 11.0 Å². The minimum Gasteiger partial charge on any atom is -0.481 e. The molecule has 2 aromatic carbocycles. The summed E-state index contributed by atoms with van der Waals surface area (Å²) >= 11 is 0. The van der Waals surface area contributed by atoms with Gasteiger partial charge in [0.05, 0.1) is 34.6 Å². The van der Waals surface area contributed by atoms with Crippen LogP contribution in [0.15, 0.2) is 83.0 Å². The minimum absolute atomic E-state index is 0.0107. The highest BCUT2D eigenvalue weighted by molar-refractivity contribution is 7.91. The Morgan fingerprint density at radius 2 is 1.88 bits per heavy atom. The number of hydrogen-bond acceptors (Lipinski definition) is 5. The smallest absolute Gasteiger partial charge is 0.228 e. The SMILES string of the molecule is C=C1CC(OC(C)(C)c2nc3cc(NC(=O)Cc4ccc(S(=O)(=O)CC)cc4)ccc3n2CCF)=C(F)C=C1F. The Labute approximate surface area is 231 Å². The third-order valence-corrected chi connectivity index (χ3v) is 8.27. The van der Waals surface area contributed by atoms with Crippen LogP contribution in [0.1, 0.15) is 38.6 Å². The van der Waals surface area contributed by atoms with E-state index in [1.807, 2.05) is 0 Å². The van der Waals surface area contributed by atoms with E-state index in [2.05, 4.69) is 16.9 Å². The average molecular weight is 574 g/mol. The fourth-order valence-electron chi connectivity index (χ4n) is 4.44. The number of carbonyl (C=O) groups excluding carboxylic acids is 1. The molecule has 0 saturated carbocycles. The third-order valence-electron chi connectivity index (χ3n) is 6.52. The van der Waals surface area contributed by atoms with Crippen LogP contribution < -0.4 is 5.32 Å².